The van der Waals surface area contributed by atoms with E-state index in [0.29, 0.717) is 19.4 Å². The first-order chi connectivity index (χ1) is 12.6. The first-order valence-electron chi connectivity index (χ1n) is 8.48. The predicted octanol–water partition coefficient (Wildman–Crippen LogP) is 4.19. The Morgan fingerprint density at radius 3 is 2.81 bits per heavy atom. The van der Waals surface area contributed by atoms with Crippen LogP contribution in [0.4, 0.5) is 0 Å². The van der Waals surface area contributed by atoms with Gasteiger partial charge in [0, 0.05) is 23.0 Å². The van der Waals surface area contributed by atoms with Gasteiger partial charge in [-0.05, 0) is 64.4 Å². The van der Waals surface area contributed by atoms with Crippen LogP contribution in [-0.4, -0.2) is 29.5 Å². The molecule has 2 unspecified atom stereocenters. The number of benzene rings is 2. The number of hydrogen-bond acceptors (Lipinski definition) is 4. The van der Waals surface area contributed by atoms with Crippen LogP contribution in [0.5, 0.6) is 0 Å². The van der Waals surface area contributed by atoms with Crippen molar-refractivity contribution in [2.45, 2.75) is 32.0 Å². The van der Waals surface area contributed by atoms with Crippen molar-refractivity contribution in [2.24, 2.45) is 5.16 Å². The Labute approximate surface area is 166 Å². The highest BCUT2D eigenvalue weighted by molar-refractivity contribution is 14.1. The lowest BCUT2D eigenvalue weighted by Gasteiger charge is -2.13. The second-order valence-electron chi connectivity index (χ2n) is 6.07. The van der Waals surface area contributed by atoms with E-state index in [2.05, 4.69) is 52.0 Å². The third-order valence-electron chi connectivity index (χ3n) is 4.24. The fraction of sp³-hybridized carbons (Fsp3) is 0.300. The molecular weight excluding hydrogens is 445 g/mol. The molecule has 1 aliphatic heterocycles. The van der Waals surface area contributed by atoms with Crippen LogP contribution in [0.3, 0.4) is 0 Å². The van der Waals surface area contributed by atoms with Crippen LogP contribution in [0.1, 0.15) is 36.1 Å². The van der Waals surface area contributed by atoms with E-state index in [0.717, 1.165) is 22.4 Å². The Balaban J connectivity index is 1.70. The minimum Gasteiger partial charge on any atom is -0.479 e. The molecule has 3 rings (SSSR count). The van der Waals surface area contributed by atoms with Gasteiger partial charge in [-0.25, -0.2) is 4.79 Å². The SMILES string of the molecule is CCOC(Cc1cccc(C2=NOC(c3ccc(I)cc3)C2)c1)C(=O)O. The van der Waals surface area contributed by atoms with Crippen molar-refractivity contribution >= 4 is 34.3 Å². The molecule has 0 fully saturated rings. The molecule has 5 nitrogen and oxygen atoms in total. The highest BCUT2D eigenvalue weighted by atomic mass is 127. The third-order valence-corrected chi connectivity index (χ3v) is 4.95. The molecule has 0 aromatic heterocycles. The smallest absolute Gasteiger partial charge is 0.333 e. The van der Waals surface area contributed by atoms with Crippen molar-refractivity contribution in [3.8, 4) is 0 Å². The highest BCUT2D eigenvalue weighted by Crippen LogP contribution is 2.30. The topological polar surface area (TPSA) is 68.1 Å². The van der Waals surface area contributed by atoms with Crippen LogP contribution in [0.2, 0.25) is 0 Å². The van der Waals surface area contributed by atoms with Crippen molar-refractivity contribution in [1.29, 1.82) is 0 Å². The molecule has 0 aliphatic carbocycles. The average Bonchev–Trinajstić information content (AvgIpc) is 3.12. The number of oxime groups is 1. The third kappa shape index (κ3) is 4.62. The molecule has 2 atom stereocenters. The van der Waals surface area contributed by atoms with E-state index in [1.807, 2.05) is 24.3 Å². The standard InChI is InChI=1S/C20H20INO4/c1-2-25-19(20(23)24)11-13-4-3-5-15(10-13)17-12-18(26-22-17)14-6-8-16(21)9-7-14/h3-10,18-19H,2,11-12H2,1H3,(H,23,24). The Morgan fingerprint density at radius 2 is 2.12 bits per heavy atom. The molecule has 2 aromatic rings. The van der Waals surface area contributed by atoms with Crippen LogP contribution in [0.15, 0.2) is 53.7 Å². The Kier molecular flexibility index (Phi) is 6.26. The molecule has 0 bridgehead atoms. The van der Waals surface area contributed by atoms with Crippen molar-refractivity contribution in [1.82, 2.24) is 0 Å². The number of carboxylic acid groups (broad SMARTS) is 1. The molecule has 136 valence electrons. The summed E-state index contributed by atoms with van der Waals surface area (Å²) < 4.78 is 6.48. The molecule has 6 heteroatoms. The number of hydrogen-bond donors (Lipinski definition) is 1. The van der Waals surface area contributed by atoms with Crippen molar-refractivity contribution in [3.63, 3.8) is 0 Å². The maximum atomic E-state index is 11.3. The number of nitrogens with zero attached hydrogens (tertiary/aromatic N) is 1. The summed E-state index contributed by atoms with van der Waals surface area (Å²) >= 11 is 2.27. The van der Waals surface area contributed by atoms with Crippen LogP contribution in [-0.2, 0) is 20.8 Å². The summed E-state index contributed by atoms with van der Waals surface area (Å²) in [4.78, 5) is 16.9. The summed E-state index contributed by atoms with van der Waals surface area (Å²) in [6.07, 6.45) is 0.0984. The molecule has 0 radical (unpaired) electrons. The monoisotopic (exact) mass is 465 g/mol. The zero-order chi connectivity index (χ0) is 18.5. The number of carbonyl (C=O) groups is 1. The lowest BCUT2D eigenvalue weighted by Crippen LogP contribution is -2.26. The van der Waals surface area contributed by atoms with E-state index < -0.39 is 12.1 Å². The Bertz CT molecular complexity index is 804. The van der Waals surface area contributed by atoms with E-state index in [1.54, 1.807) is 6.92 Å². The number of rotatable bonds is 7. The fourth-order valence-corrected chi connectivity index (χ4v) is 3.27. The summed E-state index contributed by atoms with van der Waals surface area (Å²) in [6.45, 7) is 2.16. The molecule has 0 spiro atoms. The summed E-state index contributed by atoms with van der Waals surface area (Å²) in [5.74, 6) is -0.947. The number of carboxylic acids is 1. The maximum absolute atomic E-state index is 11.3. The van der Waals surface area contributed by atoms with Crippen LogP contribution >= 0.6 is 22.6 Å². The molecule has 1 heterocycles. The van der Waals surface area contributed by atoms with Crippen LogP contribution < -0.4 is 0 Å². The van der Waals surface area contributed by atoms with E-state index in [4.69, 9.17) is 9.57 Å². The van der Waals surface area contributed by atoms with E-state index in [1.165, 1.54) is 3.57 Å². The zero-order valence-electron chi connectivity index (χ0n) is 14.4. The van der Waals surface area contributed by atoms with E-state index in [9.17, 15) is 9.90 Å². The van der Waals surface area contributed by atoms with Crippen LogP contribution in [0.25, 0.3) is 0 Å². The highest BCUT2D eigenvalue weighted by Gasteiger charge is 2.24. The lowest BCUT2D eigenvalue weighted by atomic mass is 9.97. The van der Waals surface area contributed by atoms with E-state index in [-0.39, 0.29) is 6.10 Å². The Hall–Kier alpha value is -1.93. The summed E-state index contributed by atoms with van der Waals surface area (Å²) in [5, 5.41) is 13.5. The van der Waals surface area contributed by atoms with Gasteiger partial charge >= 0.3 is 5.97 Å². The Morgan fingerprint density at radius 1 is 1.35 bits per heavy atom. The zero-order valence-corrected chi connectivity index (χ0v) is 16.5. The number of halogens is 1. The molecule has 0 saturated heterocycles. The van der Waals surface area contributed by atoms with Gasteiger partial charge in [0.2, 0.25) is 0 Å². The van der Waals surface area contributed by atoms with Crippen molar-refractivity contribution in [3.05, 3.63) is 68.8 Å². The maximum Gasteiger partial charge on any atom is 0.333 e. The van der Waals surface area contributed by atoms with Gasteiger partial charge in [-0.2, -0.15) is 0 Å². The molecule has 0 saturated carbocycles. The summed E-state index contributed by atoms with van der Waals surface area (Å²) in [7, 11) is 0. The second-order valence-corrected chi connectivity index (χ2v) is 7.32. The van der Waals surface area contributed by atoms with Gasteiger partial charge in [0.25, 0.3) is 0 Å². The predicted molar refractivity (Wildman–Crippen MR) is 107 cm³/mol. The van der Waals surface area contributed by atoms with Crippen LogP contribution in [0, 0.1) is 3.57 Å². The summed E-state index contributed by atoms with van der Waals surface area (Å²) in [6, 6.07) is 16.0. The number of ether oxygens (including phenoxy) is 1. The first kappa shape index (κ1) is 18.8. The van der Waals surface area contributed by atoms with E-state index >= 15 is 0 Å². The second kappa shape index (κ2) is 8.64. The largest absolute Gasteiger partial charge is 0.479 e. The molecule has 0 amide bonds. The molecule has 26 heavy (non-hydrogen) atoms. The van der Waals surface area contributed by atoms with Gasteiger partial charge in [0.1, 0.15) is 0 Å². The van der Waals surface area contributed by atoms with Gasteiger partial charge in [-0.15, -0.1) is 0 Å². The number of aliphatic carboxylic acids is 1. The lowest BCUT2D eigenvalue weighted by molar-refractivity contribution is -0.149. The van der Waals surface area contributed by atoms with Gasteiger partial charge in [0.15, 0.2) is 12.2 Å². The van der Waals surface area contributed by atoms with Gasteiger partial charge < -0.3 is 14.7 Å². The fourth-order valence-electron chi connectivity index (χ4n) is 2.91. The van der Waals surface area contributed by atoms with Gasteiger partial charge in [-0.1, -0.05) is 35.5 Å². The molecule has 1 N–H and O–H groups in total. The van der Waals surface area contributed by atoms with Crippen molar-refractivity contribution in [2.75, 3.05) is 6.61 Å². The molecule has 1 aliphatic rings. The minimum absolute atomic E-state index is 0.0825. The van der Waals surface area contributed by atoms with Gasteiger partial charge in [0.05, 0.1) is 5.71 Å². The quantitative estimate of drug-likeness (QED) is 0.623. The molecule has 2 aromatic carbocycles. The minimum atomic E-state index is -0.947. The molecular formula is C20H20INO4. The van der Waals surface area contributed by atoms with Gasteiger partial charge in [-0.3, -0.25) is 0 Å². The normalized spacial score (nSPS) is 17.5. The summed E-state index contributed by atoms with van der Waals surface area (Å²) in [5.41, 5.74) is 3.83. The average molecular weight is 465 g/mol. The van der Waals surface area contributed by atoms with Crippen molar-refractivity contribution < 1.29 is 19.5 Å². The first-order valence-corrected chi connectivity index (χ1v) is 9.56.